The smallest absolute Gasteiger partial charge is 0.293 e. The third kappa shape index (κ3) is 3.96. The molecule has 0 spiro atoms. The van der Waals surface area contributed by atoms with Crippen molar-refractivity contribution in [2.24, 2.45) is 0 Å². The van der Waals surface area contributed by atoms with Gasteiger partial charge in [0.2, 0.25) is 0 Å². The molecule has 3 rings (SSSR count). The molecule has 2 aromatic carbocycles. The molecule has 0 saturated carbocycles. The Bertz CT molecular complexity index is 882. The molecule has 1 amide bonds. The molecular formula is C18H19ClN4O4. The number of nitrogens with one attached hydrogen (secondary N) is 1. The van der Waals surface area contributed by atoms with Crippen LogP contribution in [0.2, 0.25) is 5.02 Å². The van der Waals surface area contributed by atoms with Crippen molar-refractivity contribution in [2.45, 2.75) is 6.92 Å². The average molecular weight is 391 g/mol. The summed E-state index contributed by atoms with van der Waals surface area (Å²) in [5.74, 6) is -0.786. The molecule has 1 fully saturated rings. The Morgan fingerprint density at radius 3 is 2.41 bits per heavy atom. The summed E-state index contributed by atoms with van der Waals surface area (Å²) in [5, 5.41) is 20.9. The zero-order valence-corrected chi connectivity index (χ0v) is 15.4. The quantitative estimate of drug-likeness (QED) is 0.473. The van der Waals surface area contributed by atoms with Crippen molar-refractivity contribution in [1.29, 1.82) is 0 Å². The molecule has 0 bridgehead atoms. The molecule has 0 aromatic heterocycles. The molecule has 1 heterocycles. The van der Waals surface area contributed by atoms with Crippen LogP contribution in [0.4, 0.5) is 17.1 Å². The van der Waals surface area contributed by atoms with E-state index in [9.17, 15) is 14.9 Å². The van der Waals surface area contributed by atoms with E-state index in [1.54, 1.807) is 6.07 Å². The Morgan fingerprint density at radius 2 is 1.81 bits per heavy atom. The second-order valence-corrected chi connectivity index (χ2v) is 6.72. The van der Waals surface area contributed by atoms with Crippen molar-refractivity contribution in [2.75, 3.05) is 36.0 Å². The first kappa shape index (κ1) is 18.9. The molecule has 0 atom stereocenters. The van der Waals surface area contributed by atoms with Gasteiger partial charge in [0.05, 0.1) is 4.92 Å². The van der Waals surface area contributed by atoms with Crippen LogP contribution in [0.1, 0.15) is 15.9 Å². The third-order valence-corrected chi connectivity index (χ3v) is 5.08. The standard InChI is InChI=1S/C18H19ClN4O4/c1-12-2-4-14(11-15(12)19)21-6-8-22(9-7-21)16-5-3-13(18(24)20-25)10-17(16)23(26)27/h2-5,10-11,25H,6-9H2,1H3,(H,20,24). The van der Waals surface area contributed by atoms with E-state index in [1.165, 1.54) is 17.6 Å². The van der Waals surface area contributed by atoms with Crippen LogP contribution >= 0.6 is 11.6 Å². The van der Waals surface area contributed by atoms with E-state index in [0.717, 1.165) is 11.3 Å². The molecule has 9 heteroatoms. The lowest BCUT2D eigenvalue weighted by Gasteiger charge is -2.37. The lowest BCUT2D eigenvalue weighted by Crippen LogP contribution is -2.46. The minimum Gasteiger partial charge on any atom is -0.368 e. The van der Waals surface area contributed by atoms with Crippen molar-refractivity contribution >= 4 is 34.6 Å². The van der Waals surface area contributed by atoms with Crippen LogP contribution in [-0.2, 0) is 0 Å². The number of benzene rings is 2. The topological polar surface area (TPSA) is 99.0 Å². The van der Waals surface area contributed by atoms with Crippen LogP contribution in [0.15, 0.2) is 36.4 Å². The number of hydrogen-bond acceptors (Lipinski definition) is 6. The number of carbonyl (C=O) groups is 1. The third-order valence-electron chi connectivity index (χ3n) is 4.68. The molecule has 1 aliphatic heterocycles. The number of nitro groups is 1. The number of halogens is 1. The number of piperazine rings is 1. The number of anilines is 2. The SMILES string of the molecule is Cc1ccc(N2CCN(c3ccc(C(=O)NO)cc3[N+](=O)[O-])CC2)cc1Cl. The number of hydroxylamine groups is 1. The summed E-state index contributed by atoms with van der Waals surface area (Å²) < 4.78 is 0. The van der Waals surface area contributed by atoms with E-state index in [2.05, 4.69) is 4.90 Å². The Hall–Kier alpha value is -2.84. The normalized spacial score (nSPS) is 14.2. The highest BCUT2D eigenvalue weighted by Gasteiger charge is 2.25. The fourth-order valence-electron chi connectivity index (χ4n) is 3.13. The van der Waals surface area contributed by atoms with Crippen molar-refractivity contribution < 1.29 is 14.9 Å². The van der Waals surface area contributed by atoms with E-state index >= 15 is 0 Å². The minimum absolute atomic E-state index is 0.0286. The van der Waals surface area contributed by atoms with Crippen LogP contribution in [-0.4, -0.2) is 42.2 Å². The largest absolute Gasteiger partial charge is 0.368 e. The molecule has 142 valence electrons. The van der Waals surface area contributed by atoms with E-state index in [-0.39, 0.29) is 11.3 Å². The highest BCUT2D eigenvalue weighted by molar-refractivity contribution is 6.31. The molecule has 8 nitrogen and oxygen atoms in total. The van der Waals surface area contributed by atoms with Gasteiger partial charge in [-0.1, -0.05) is 17.7 Å². The fraction of sp³-hybridized carbons (Fsp3) is 0.278. The Balaban J connectivity index is 1.78. The van der Waals surface area contributed by atoms with Crippen LogP contribution in [0.3, 0.4) is 0 Å². The molecule has 27 heavy (non-hydrogen) atoms. The molecule has 1 aliphatic rings. The van der Waals surface area contributed by atoms with Gasteiger partial charge >= 0.3 is 0 Å². The Morgan fingerprint density at radius 1 is 1.15 bits per heavy atom. The first-order chi connectivity index (χ1) is 12.9. The summed E-state index contributed by atoms with van der Waals surface area (Å²) in [5.41, 5.74) is 3.84. The number of aryl methyl sites for hydroxylation is 1. The van der Waals surface area contributed by atoms with Gasteiger partial charge in [-0.3, -0.25) is 20.1 Å². The van der Waals surface area contributed by atoms with Gasteiger partial charge in [0.1, 0.15) is 5.69 Å². The van der Waals surface area contributed by atoms with Crippen molar-refractivity contribution in [1.82, 2.24) is 5.48 Å². The predicted molar refractivity (Wildman–Crippen MR) is 103 cm³/mol. The number of hydrogen-bond donors (Lipinski definition) is 2. The van der Waals surface area contributed by atoms with Gasteiger partial charge in [-0.25, -0.2) is 5.48 Å². The van der Waals surface area contributed by atoms with E-state index in [0.29, 0.717) is 36.9 Å². The number of nitrogens with zero attached hydrogens (tertiary/aromatic N) is 3. The van der Waals surface area contributed by atoms with Crippen molar-refractivity contribution in [3.63, 3.8) is 0 Å². The van der Waals surface area contributed by atoms with Gasteiger partial charge in [-0.15, -0.1) is 0 Å². The highest BCUT2D eigenvalue weighted by Crippen LogP contribution is 2.31. The molecule has 1 saturated heterocycles. The monoisotopic (exact) mass is 390 g/mol. The van der Waals surface area contributed by atoms with Crippen LogP contribution in [0.5, 0.6) is 0 Å². The highest BCUT2D eigenvalue weighted by atomic mass is 35.5. The number of carbonyl (C=O) groups excluding carboxylic acids is 1. The zero-order valence-electron chi connectivity index (χ0n) is 14.7. The summed E-state index contributed by atoms with van der Waals surface area (Å²) in [6.07, 6.45) is 0. The van der Waals surface area contributed by atoms with Gasteiger partial charge in [0, 0.05) is 48.5 Å². The zero-order chi connectivity index (χ0) is 19.6. The minimum atomic E-state index is -0.786. The van der Waals surface area contributed by atoms with Crippen molar-refractivity contribution in [3.05, 3.63) is 62.7 Å². The number of rotatable bonds is 4. The molecule has 0 aliphatic carbocycles. The fourth-order valence-corrected chi connectivity index (χ4v) is 3.30. The van der Waals surface area contributed by atoms with E-state index in [1.807, 2.05) is 30.0 Å². The first-order valence-electron chi connectivity index (χ1n) is 8.39. The second-order valence-electron chi connectivity index (χ2n) is 6.31. The molecule has 2 aromatic rings. The van der Waals surface area contributed by atoms with E-state index in [4.69, 9.17) is 16.8 Å². The average Bonchev–Trinajstić information content (AvgIpc) is 2.69. The maximum atomic E-state index is 11.5. The predicted octanol–water partition coefficient (Wildman–Crippen LogP) is 3.00. The van der Waals surface area contributed by atoms with Crippen LogP contribution < -0.4 is 15.3 Å². The summed E-state index contributed by atoms with van der Waals surface area (Å²) in [6, 6.07) is 10.1. The number of nitro benzene ring substituents is 1. The van der Waals surface area contributed by atoms with Crippen LogP contribution in [0.25, 0.3) is 0 Å². The summed E-state index contributed by atoms with van der Waals surface area (Å²) in [7, 11) is 0. The molecule has 0 unspecified atom stereocenters. The Kier molecular flexibility index (Phi) is 5.48. The lowest BCUT2D eigenvalue weighted by molar-refractivity contribution is -0.384. The van der Waals surface area contributed by atoms with Gasteiger partial charge in [-0.2, -0.15) is 0 Å². The maximum Gasteiger partial charge on any atom is 0.293 e. The lowest BCUT2D eigenvalue weighted by atomic mass is 10.1. The molecular weight excluding hydrogens is 372 g/mol. The maximum absolute atomic E-state index is 11.5. The van der Waals surface area contributed by atoms with Gasteiger partial charge in [-0.05, 0) is 36.8 Å². The van der Waals surface area contributed by atoms with Gasteiger partial charge in [0.25, 0.3) is 11.6 Å². The first-order valence-corrected chi connectivity index (χ1v) is 8.77. The van der Waals surface area contributed by atoms with Crippen molar-refractivity contribution in [3.8, 4) is 0 Å². The van der Waals surface area contributed by atoms with Gasteiger partial charge in [0.15, 0.2) is 0 Å². The summed E-state index contributed by atoms with van der Waals surface area (Å²) >= 11 is 6.20. The summed E-state index contributed by atoms with van der Waals surface area (Å²) in [4.78, 5) is 26.5. The Labute approximate surface area is 161 Å². The van der Waals surface area contributed by atoms with Crippen LogP contribution in [0, 0.1) is 17.0 Å². The van der Waals surface area contributed by atoms with Gasteiger partial charge < -0.3 is 9.80 Å². The molecule has 0 radical (unpaired) electrons. The second kappa shape index (κ2) is 7.81. The number of amides is 1. The van der Waals surface area contributed by atoms with E-state index < -0.39 is 10.8 Å². The summed E-state index contributed by atoms with van der Waals surface area (Å²) in [6.45, 7) is 4.52. The molecule has 2 N–H and O–H groups in total.